The monoisotopic (exact) mass is 624 g/mol. The second kappa shape index (κ2) is 12.9. The van der Waals surface area contributed by atoms with Crippen molar-refractivity contribution >= 4 is 68.4 Å². The van der Waals surface area contributed by atoms with Gasteiger partial charge in [-0.15, -0.1) is 0 Å². The Bertz CT molecular complexity index is 1410. The van der Waals surface area contributed by atoms with E-state index in [0.717, 1.165) is 5.56 Å². The minimum absolute atomic E-state index is 0.161. The molecular weight excluding hydrogens is 607 g/mol. The van der Waals surface area contributed by atoms with Crippen LogP contribution in [-0.4, -0.2) is 27.2 Å². The summed E-state index contributed by atoms with van der Waals surface area (Å²) >= 11 is 21.8. The number of carbonyl (C=O) groups is 1. The number of nitrogens with zero attached hydrogens (tertiary/aromatic N) is 1. The van der Waals surface area contributed by atoms with Crippen molar-refractivity contribution in [1.29, 1.82) is 5.26 Å². The van der Waals surface area contributed by atoms with Gasteiger partial charge in [0.05, 0.1) is 36.5 Å². The van der Waals surface area contributed by atoms with Gasteiger partial charge in [0.15, 0.2) is 11.5 Å². The van der Waals surface area contributed by atoms with Crippen LogP contribution in [-0.2, 0) is 11.4 Å². The molecule has 0 bridgehead atoms. The molecule has 3 aromatic carbocycles. The molecule has 0 aromatic heterocycles. The maximum absolute atomic E-state index is 12.9. The van der Waals surface area contributed by atoms with Crippen LogP contribution in [0.5, 0.6) is 23.0 Å². The molecule has 1 N–H and O–H groups in total. The Labute approximate surface area is 237 Å². The molecule has 0 fully saturated rings. The molecule has 192 valence electrons. The Morgan fingerprint density at radius 1 is 0.973 bits per heavy atom. The predicted octanol–water partition coefficient (Wildman–Crippen LogP) is 7.56. The van der Waals surface area contributed by atoms with E-state index in [1.807, 2.05) is 6.07 Å². The highest BCUT2D eigenvalue weighted by Crippen LogP contribution is 2.39. The van der Waals surface area contributed by atoms with E-state index in [1.165, 1.54) is 39.5 Å². The Morgan fingerprint density at radius 3 is 2.30 bits per heavy atom. The number of ether oxygens (including phenoxy) is 4. The molecule has 37 heavy (non-hydrogen) atoms. The largest absolute Gasteiger partial charge is 0.495 e. The van der Waals surface area contributed by atoms with Crippen LogP contribution in [0.15, 0.2) is 52.5 Å². The molecule has 0 aliphatic rings. The fourth-order valence-corrected chi connectivity index (χ4v) is 4.48. The van der Waals surface area contributed by atoms with E-state index in [4.69, 9.17) is 53.8 Å². The molecule has 0 aliphatic heterocycles. The molecule has 7 nitrogen and oxygen atoms in total. The predicted molar refractivity (Wildman–Crippen MR) is 148 cm³/mol. The molecule has 0 heterocycles. The lowest BCUT2D eigenvalue weighted by atomic mass is 10.1. The molecule has 0 saturated heterocycles. The molecule has 0 radical (unpaired) electrons. The van der Waals surface area contributed by atoms with Gasteiger partial charge in [-0.1, -0.05) is 40.9 Å². The zero-order chi connectivity index (χ0) is 27.1. The zero-order valence-electron chi connectivity index (χ0n) is 19.8. The van der Waals surface area contributed by atoms with E-state index < -0.39 is 5.91 Å². The van der Waals surface area contributed by atoms with Gasteiger partial charge in [0, 0.05) is 27.7 Å². The number of benzene rings is 3. The van der Waals surface area contributed by atoms with Gasteiger partial charge >= 0.3 is 0 Å². The summed E-state index contributed by atoms with van der Waals surface area (Å²) in [6, 6.07) is 13.4. The van der Waals surface area contributed by atoms with Gasteiger partial charge in [0.25, 0.3) is 5.91 Å². The van der Waals surface area contributed by atoms with Gasteiger partial charge in [-0.2, -0.15) is 5.26 Å². The van der Waals surface area contributed by atoms with Crippen molar-refractivity contribution in [3.8, 4) is 29.1 Å². The first-order valence-corrected chi connectivity index (χ1v) is 12.4. The fourth-order valence-electron chi connectivity index (χ4n) is 3.21. The first kappa shape index (κ1) is 28.5. The number of nitriles is 1. The maximum Gasteiger partial charge on any atom is 0.266 e. The Hall–Kier alpha value is -3.09. The van der Waals surface area contributed by atoms with Crippen molar-refractivity contribution in [3.05, 3.63) is 78.7 Å². The average Bonchev–Trinajstić information content (AvgIpc) is 2.87. The number of carbonyl (C=O) groups excluding carboxylic acids is 1. The van der Waals surface area contributed by atoms with Crippen LogP contribution < -0.4 is 24.3 Å². The minimum atomic E-state index is -0.655. The third kappa shape index (κ3) is 7.02. The van der Waals surface area contributed by atoms with Gasteiger partial charge in [-0.05, 0) is 51.8 Å². The highest BCUT2D eigenvalue weighted by Gasteiger charge is 2.17. The quantitative estimate of drug-likeness (QED) is 0.195. The van der Waals surface area contributed by atoms with Crippen molar-refractivity contribution in [1.82, 2.24) is 0 Å². The minimum Gasteiger partial charge on any atom is -0.495 e. The zero-order valence-corrected chi connectivity index (χ0v) is 23.7. The van der Waals surface area contributed by atoms with Gasteiger partial charge in [0.1, 0.15) is 29.7 Å². The SMILES string of the molecule is COc1cc(NC(=O)/C(C#N)=C/c2cc(Br)c(OCc3ccc(Cl)cc3Cl)c(OC)c2)c(OC)cc1Cl. The van der Waals surface area contributed by atoms with E-state index in [2.05, 4.69) is 21.2 Å². The molecule has 3 rings (SSSR count). The Balaban J connectivity index is 1.86. The third-order valence-corrected chi connectivity index (χ3v) is 6.51. The highest BCUT2D eigenvalue weighted by molar-refractivity contribution is 9.10. The summed E-state index contributed by atoms with van der Waals surface area (Å²) in [4.78, 5) is 12.9. The standard InChI is InChI=1S/C26H20BrCl3N2O5/c1-34-22-11-21(23(35-2)10-20(22)30)32-26(33)16(12-31)6-14-7-18(27)25(24(8-14)36-3)37-13-15-4-5-17(28)9-19(15)29/h4-11H,13H2,1-3H3,(H,32,33)/b16-6+. The van der Waals surface area contributed by atoms with Crippen LogP contribution in [0.2, 0.25) is 15.1 Å². The molecule has 11 heteroatoms. The van der Waals surface area contributed by atoms with E-state index in [1.54, 1.807) is 30.3 Å². The number of anilines is 1. The summed E-state index contributed by atoms with van der Waals surface area (Å²) in [6.45, 7) is 0.165. The van der Waals surface area contributed by atoms with Crippen molar-refractivity contribution in [2.45, 2.75) is 6.61 Å². The van der Waals surface area contributed by atoms with Crippen LogP contribution in [0.3, 0.4) is 0 Å². The fraction of sp³-hybridized carbons (Fsp3) is 0.154. The first-order valence-electron chi connectivity index (χ1n) is 10.5. The summed E-state index contributed by atoms with van der Waals surface area (Å²) in [5, 5.41) is 13.6. The van der Waals surface area contributed by atoms with Crippen molar-refractivity contribution in [2.24, 2.45) is 0 Å². The highest BCUT2D eigenvalue weighted by atomic mass is 79.9. The second-order valence-electron chi connectivity index (χ2n) is 7.37. The van der Waals surface area contributed by atoms with Crippen molar-refractivity contribution in [2.75, 3.05) is 26.6 Å². The average molecular weight is 627 g/mol. The van der Waals surface area contributed by atoms with Crippen LogP contribution in [0.25, 0.3) is 6.08 Å². The lowest BCUT2D eigenvalue weighted by Gasteiger charge is -2.15. The van der Waals surface area contributed by atoms with Gasteiger partial charge in [-0.25, -0.2) is 0 Å². The molecule has 1 amide bonds. The number of hydrogen-bond acceptors (Lipinski definition) is 6. The number of amides is 1. The molecular formula is C26H20BrCl3N2O5. The number of nitrogens with one attached hydrogen (secondary N) is 1. The summed E-state index contributed by atoms with van der Waals surface area (Å²) in [6.07, 6.45) is 1.42. The van der Waals surface area contributed by atoms with Crippen molar-refractivity contribution < 1.29 is 23.7 Å². The second-order valence-corrected chi connectivity index (χ2v) is 9.47. The van der Waals surface area contributed by atoms with Gasteiger partial charge < -0.3 is 24.3 Å². The van der Waals surface area contributed by atoms with Crippen molar-refractivity contribution in [3.63, 3.8) is 0 Å². The van der Waals surface area contributed by atoms with Gasteiger partial charge in [0.2, 0.25) is 0 Å². The summed E-state index contributed by atoms with van der Waals surface area (Å²) in [5.41, 5.74) is 1.39. The van der Waals surface area contributed by atoms with E-state index in [-0.39, 0.29) is 12.2 Å². The van der Waals surface area contributed by atoms with Crippen LogP contribution in [0.1, 0.15) is 11.1 Å². The lowest BCUT2D eigenvalue weighted by molar-refractivity contribution is -0.112. The van der Waals surface area contributed by atoms with E-state index in [9.17, 15) is 10.1 Å². The first-order chi connectivity index (χ1) is 17.7. The van der Waals surface area contributed by atoms with Crippen LogP contribution in [0.4, 0.5) is 5.69 Å². The smallest absolute Gasteiger partial charge is 0.266 e. The molecule has 0 aliphatic carbocycles. The summed E-state index contributed by atoms with van der Waals surface area (Å²) in [5.74, 6) is 0.796. The molecule has 0 spiro atoms. The number of rotatable bonds is 9. The number of hydrogen-bond donors (Lipinski definition) is 1. The molecule has 0 saturated carbocycles. The third-order valence-electron chi connectivity index (χ3n) is 5.04. The van der Waals surface area contributed by atoms with E-state index in [0.29, 0.717) is 53.8 Å². The molecule has 0 unspecified atom stereocenters. The Morgan fingerprint density at radius 2 is 1.68 bits per heavy atom. The lowest BCUT2D eigenvalue weighted by Crippen LogP contribution is -2.14. The normalized spacial score (nSPS) is 10.9. The number of methoxy groups -OCH3 is 3. The van der Waals surface area contributed by atoms with E-state index >= 15 is 0 Å². The topological polar surface area (TPSA) is 89.8 Å². The van der Waals surface area contributed by atoms with Crippen LogP contribution >= 0.6 is 50.7 Å². The number of halogens is 4. The summed E-state index contributed by atoms with van der Waals surface area (Å²) in [7, 11) is 4.36. The molecule has 0 atom stereocenters. The van der Waals surface area contributed by atoms with Gasteiger partial charge in [-0.3, -0.25) is 4.79 Å². The molecule has 3 aromatic rings. The summed E-state index contributed by atoms with van der Waals surface area (Å²) < 4.78 is 22.4. The van der Waals surface area contributed by atoms with Crippen LogP contribution in [0, 0.1) is 11.3 Å². The maximum atomic E-state index is 12.9. The Kier molecular flexibility index (Phi) is 9.95.